The van der Waals surface area contributed by atoms with E-state index >= 15 is 0 Å². The van der Waals surface area contributed by atoms with E-state index < -0.39 is 127 Å². The zero-order valence-electron chi connectivity index (χ0n) is 48.0. The van der Waals surface area contributed by atoms with Gasteiger partial charge in [0, 0.05) is 83.1 Å². The molecule has 21 nitrogen and oxygen atoms in total. The lowest BCUT2D eigenvalue weighted by Gasteiger charge is -2.49. The number of likely N-dealkylation sites (N-methyl/N-ethyl adjacent to an activating group) is 2. The van der Waals surface area contributed by atoms with Crippen LogP contribution in [0.5, 0.6) is 0 Å². The number of piperazine rings is 1. The zero-order chi connectivity index (χ0) is 56.9. The Morgan fingerprint density at radius 2 is 1.66 bits per heavy atom. The number of amides is 1. The molecule has 4 saturated heterocycles. The highest BCUT2D eigenvalue weighted by atomic mass is 19.1. The van der Waals surface area contributed by atoms with E-state index in [0.29, 0.717) is 50.3 Å². The predicted octanol–water partition coefficient (Wildman–Crippen LogP) is 2.94. The molecule has 1 amide bonds. The predicted molar refractivity (Wildman–Crippen MR) is 283 cm³/mol. The van der Waals surface area contributed by atoms with Crippen molar-refractivity contribution in [2.24, 2.45) is 17.8 Å². The SMILES string of the molecule is CC[C@H]1OC(=O)[C@H](C)[C@@H](O[C@H]2C[C@@](C)(OC)[C@@H](O)[C@H](C)O2)[C@H](C)[C@@H](O[C@@H]2O[C@H](C)C[C@H](N(C)CCc3cn([C@@H](CF)[C@H](OC)c4ccc(N5CCNCC5=O)cc4)nn3)[C@H]2O)[C@](C)(O)C[C@@H](C)CN(C)[C@H](C)[C@@H](O)[C@]1(C)O. The molecule has 4 aliphatic heterocycles. The molecule has 6 N–H and O–H groups in total. The summed E-state index contributed by atoms with van der Waals surface area (Å²) in [5.74, 6) is -2.93. The molecule has 4 aliphatic rings. The average molecular weight is 1090 g/mol. The Labute approximate surface area is 454 Å². The van der Waals surface area contributed by atoms with Gasteiger partial charge in [-0.2, -0.15) is 0 Å². The van der Waals surface area contributed by atoms with Gasteiger partial charge in [0.2, 0.25) is 5.91 Å². The number of carbonyl (C=O) groups is 2. The molecule has 438 valence electrons. The molecule has 5 heterocycles. The fourth-order valence-corrected chi connectivity index (χ4v) is 12.2. The van der Waals surface area contributed by atoms with Crippen molar-refractivity contribution >= 4 is 17.6 Å². The van der Waals surface area contributed by atoms with Crippen molar-refractivity contribution in [3.05, 3.63) is 41.7 Å². The lowest BCUT2D eigenvalue weighted by molar-refractivity contribution is -0.318. The topological polar surface area (TPSA) is 252 Å². The first-order valence-electron chi connectivity index (χ1n) is 27.6. The molecule has 22 heteroatoms. The molecule has 6 rings (SSSR count). The van der Waals surface area contributed by atoms with Gasteiger partial charge in [-0.3, -0.25) is 9.59 Å². The monoisotopic (exact) mass is 1090 g/mol. The summed E-state index contributed by atoms with van der Waals surface area (Å²) in [6.07, 6.45) is -8.20. The van der Waals surface area contributed by atoms with Gasteiger partial charge in [0.05, 0.1) is 53.8 Å². The number of hydrogen-bond donors (Lipinski definition) is 6. The van der Waals surface area contributed by atoms with Crippen LogP contribution >= 0.6 is 0 Å². The zero-order valence-corrected chi connectivity index (χ0v) is 48.0. The number of halogens is 1. The number of anilines is 1. The van der Waals surface area contributed by atoms with Crippen molar-refractivity contribution in [2.75, 3.05) is 72.6 Å². The molecule has 20 atom stereocenters. The summed E-state index contributed by atoms with van der Waals surface area (Å²) >= 11 is 0. The van der Waals surface area contributed by atoms with Gasteiger partial charge in [-0.05, 0) is 105 Å². The first-order valence-corrected chi connectivity index (χ1v) is 27.6. The molecule has 0 saturated carbocycles. The Morgan fingerprint density at radius 3 is 2.29 bits per heavy atom. The average Bonchev–Trinajstić information content (AvgIpc) is 3.86. The summed E-state index contributed by atoms with van der Waals surface area (Å²) in [5, 5.41) is 71.7. The number of carbonyl (C=O) groups excluding carboxylic acids is 2. The van der Waals surface area contributed by atoms with Gasteiger partial charge in [-0.15, -0.1) is 5.10 Å². The molecule has 77 heavy (non-hydrogen) atoms. The number of rotatable bonds is 16. The van der Waals surface area contributed by atoms with Crippen LogP contribution in [0.3, 0.4) is 0 Å². The van der Waals surface area contributed by atoms with Crippen molar-refractivity contribution in [2.45, 2.75) is 204 Å². The van der Waals surface area contributed by atoms with Crippen molar-refractivity contribution < 1.29 is 72.7 Å². The number of benzene rings is 1. The normalized spacial score (nSPS) is 39.4. The molecule has 1 aromatic carbocycles. The maximum atomic E-state index is 14.9. The number of nitrogens with one attached hydrogen (secondary N) is 1. The molecule has 0 bridgehead atoms. The second kappa shape index (κ2) is 26.5. The molecule has 0 radical (unpaired) electrons. The van der Waals surface area contributed by atoms with Gasteiger partial charge >= 0.3 is 5.97 Å². The summed E-state index contributed by atoms with van der Waals surface area (Å²) < 4.78 is 60.6. The fraction of sp³-hybridized carbons (Fsp3) is 0.818. The lowest BCUT2D eigenvalue weighted by Crippen LogP contribution is -2.61. The Bertz CT molecular complexity index is 2190. The van der Waals surface area contributed by atoms with Gasteiger partial charge in [0.1, 0.15) is 48.8 Å². The van der Waals surface area contributed by atoms with Crippen LogP contribution in [0.2, 0.25) is 0 Å². The maximum Gasteiger partial charge on any atom is 0.311 e. The third-order valence-electron chi connectivity index (χ3n) is 17.1. The fourth-order valence-electron chi connectivity index (χ4n) is 12.2. The van der Waals surface area contributed by atoms with Crippen LogP contribution < -0.4 is 10.2 Å². The van der Waals surface area contributed by atoms with E-state index in [9.17, 15) is 39.5 Å². The second-order valence-electron chi connectivity index (χ2n) is 23.3. The largest absolute Gasteiger partial charge is 0.459 e. The highest BCUT2D eigenvalue weighted by Crippen LogP contribution is 2.41. The van der Waals surface area contributed by atoms with E-state index in [2.05, 4.69) is 15.6 Å². The van der Waals surface area contributed by atoms with E-state index in [4.69, 9.17) is 33.2 Å². The van der Waals surface area contributed by atoms with E-state index in [1.54, 1.807) is 59.6 Å². The number of nitrogens with zero attached hydrogens (tertiary/aromatic N) is 6. The van der Waals surface area contributed by atoms with Crippen LogP contribution in [0.25, 0.3) is 0 Å². The number of alkyl halides is 1. The lowest BCUT2D eigenvalue weighted by atomic mass is 9.77. The second-order valence-corrected chi connectivity index (χ2v) is 23.3. The Hall–Kier alpha value is -3.33. The van der Waals surface area contributed by atoms with Crippen molar-refractivity contribution in [1.82, 2.24) is 30.1 Å². The van der Waals surface area contributed by atoms with Crippen LogP contribution in [0.4, 0.5) is 10.1 Å². The highest BCUT2D eigenvalue weighted by Gasteiger charge is 2.53. The number of methoxy groups -OCH3 is 2. The molecule has 0 unspecified atom stereocenters. The molecular weight excluding hydrogens is 1000 g/mol. The van der Waals surface area contributed by atoms with Gasteiger partial charge in [0.25, 0.3) is 0 Å². The summed E-state index contributed by atoms with van der Waals surface area (Å²) in [6, 6.07) is 5.39. The molecular formula is C55H92FN7O14. The van der Waals surface area contributed by atoms with E-state index in [0.717, 1.165) is 5.69 Å². The quantitative estimate of drug-likeness (QED) is 0.132. The van der Waals surface area contributed by atoms with Crippen molar-refractivity contribution in [3.8, 4) is 0 Å². The molecule has 1 aromatic heterocycles. The first-order chi connectivity index (χ1) is 36.2. The van der Waals surface area contributed by atoms with Gasteiger partial charge in [-0.1, -0.05) is 38.1 Å². The standard InChI is InChI=1S/C55H92FN7O14/c1-15-42-55(10,70)48(66)35(6)61(12)29-31(2)25-53(8,69)50(33(4)46(34(5)51(68)75-42)76-44-26-54(9,72-14)49(67)36(7)74-44)77-52-45(65)40(24-32(3)73-52)60(11)22-20-38-30-63(59-58-38)41(27-56)47(71-13)37-16-18-39(19-17-37)62-23-21-57-28-43(62)64/h16-19,30-36,40-42,44-50,52,57,65-67,69-70H,15,20-29H2,1-14H3/t31-,32-,33+,34-,35-,36+,40+,41+,42-,44+,45-,46+,47-,48-,49+,50-,52+,53-,54-,55-/m1/s1. The summed E-state index contributed by atoms with van der Waals surface area (Å²) in [4.78, 5) is 32.6. The van der Waals surface area contributed by atoms with Crippen molar-refractivity contribution in [1.29, 1.82) is 0 Å². The van der Waals surface area contributed by atoms with Crippen molar-refractivity contribution in [3.63, 3.8) is 0 Å². The first kappa shape index (κ1) is 62.9. The highest BCUT2D eigenvalue weighted by molar-refractivity contribution is 5.95. The Morgan fingerprint density at radius 1 is 0.974 bits per heavy atom. The summed E-state index contributed by atoms with van der Waals surface area (Å²) in [6.45, 7) is 18.9. The van der Waals surface area contributed by atoms with Crippen LogP contribution in [0.15, 0.2) is 30.5 Å². The molecule has 4 fully saturated rings. The van der Waals surface area contributed by atoms with Gasteiger partial charge in [0.15, 0.2) is 12.6 Å². The number of aromatic nitrogens is 3. The van der Waals surface area contributed by atoms with Gasteiger partial charge in [-0.25, -0.2) is 9.07 Å². The third-order valence-corrected chi connectivity index (χ3v) is 17.1. The summed E-state index contributed by atoms with van der Waals surface area (Å²) in [5.41, 5.74) is -2.56. The minimum Gasteiger partial charge on any atom is -0.459 e. The maximum absolute atomic E-state index is 14.9. The number of hydrogen-bond acceptors (Lipinski definition) is 19. The van der Waals surface area contributed by atoms with Crippen LogP contribution in [0, 0.1) is 17.8 Å². The van der Waals surface area contributed by atoms with Gasteiger partial charge < -0.3 is 78.7 Å². The number of esters is 1. The molecule has 0 spiro atoms. The third kappa shape index (κ3) is 14.4. The van der Waals surface area contributed by atoms with Crippen LogP contribution in [-0.2, 0) is 49.2 Å². The minimum absolute atomic E-state index is 0.0226. The number of aliphatic hydroxyl groups excluding tert-OH is 3. The Kier molecular flexibility index (Phi) is 21.6. The molecule has 0 aliphatic carbocycles. The van der Waals surface area contributed by atoms with Crippen LogP contribution in [0.1, 0.15) is 118 Å². The van der Waals surface area contributed by atoms with Crippen LogP contribution in [-0.4, -0.2) is 220 Å². The molecule has 2 aromatic rings. The number of aliphatic hydroxyl groups is 5. The minimum atomic E-state index is -1.86. The Balaban J connectivity index is 1.25. The van der Waals surface area contributed by atoms with E-state index in [1.165, 1.54) is 25.8 Å². The smallest absolute Gasteiger partial charge is 0.311 e. The van der Waals surface area contributed by atoms with E-state index in [-0.39, 0.29) is 37.6 Å². The summed E-state index contributed by atoms with van der Waals surface area (Å²) in [7, 11) is 6.71. The number of ether oxygens (including phenoxy) is 7. The number of cyclic esters (lactones) is 1. The van der Waals surface area contributed by atoms with E-state index in [1.807, 2.05) is 62.0 Å².